The molecule has 1 amide bonds. The van der Waals surface area contributed by atoms with Gasteiger partial charge < -0.3 is 24.6 Å². The van der Waals surface area contributed by atoms with E-state index in [1.165, 1.54) is 38.5 Å². The Morgan fingerprint density at radius 2 is 1.90 bits per heavy atom. The van der Waals surface area contributed by atoms with Crippen molar-refractivity contribution in [2.75, 3.05) is 37.6 Å². The number of carbonyl (C=O) groups excluding carboxylic acids is 1. The molecule has 0 aliphatic carbocycles. The molecule has 0 bridgehead atoms. The Balaban J connectivity index is 1.78. The van der Waals surface area contributed by atoms with Crippen molar-refractivity contribution in [2.45, 2.75) is 23.1 Å². The van der Waals surface area contributed by atoms with E-state index in [1.807, 2.05) is 0 Å². The third-order valence-corrected chi connectivity index (χ3v) is 8.95. The molecule has 0 unspecified atom stereocenters. The molecule has 11 nitrogen and oxygen atoms in total. The number of nitrogens with one attached hydrogen (secondary N) is 2. The van der Waals surface area contributed by atoms with Gasteiger partial charge in [0.15, 0.2) is 37.0 Å². The second kappa shape index (κ2) is 8.85. The number of carbonyl (C=O) groups is 1. The van der Waals surface area contributed by atoms with E-state index in [1.54, 1.807) is 6.92 Å². The lowest BCUT2D eigenvalue weighted by molar-refractivity contribution is -0.115. The van der Waals surface area contributed by atoms with Crippen LogP contribution in [0.1, 0.15) is 5.76 Å². The van der Waals surface area contributed by atoms with E-state index in [2.05, 4.69) is 15.8 Å². The number of hydrogen-bond acceptors (Lipinski definition) is 10. The van der Waals surface area contributed by atoms with Crippen LogP contribution in [-0.4, -0.2) is 71.5 Å². The number of nitrogens with zero attached hydrogens (tertiary/aromatic N) is 1. The number of ether oxygens (including phenoxy) is 2. The van der Waals surface area contributed by atoms with Crippen molar-refractivity contribution in [1.29, 1.82) is 0 Å². The summed E-state index contributed by atoms with van der Waals surface area (Å²) in [4.78, 5) is 12.0. The number of benzene rings is 1. The summed E-state index contributed by atoms with van der Waals surface area (Å²) in [5.74, 6) is -0.207. The molecule has 0 radical (unpaired) electrons. The molecule has 2 heterocycles. The van der Waals surface area contributed by atoms with Gasteiger partial charge in [0, 0.05) is 18.2 Å². The first-order valence-corrected chi connectivity index (χ1v) is 12.6. The summed E-state index contributed by atoms with van der Waals surface area (Å²) in [5, 5.41) is 7.61. The van der Waals surface area contributed by atoms with Crippen LogP contribution in [0.4, 0.5) is 5.82 Å². The molecule has 2 N–H and O–H groups in total. The molecule has 31 heavy (non-hydrogen) atoms. The van der Waals surface area contributed by atoms with E-state index in [4.69, 9.17) is 14.0 Å². The predicted molar refractivity (Wildman–Crippen MR) is 111 cm³/mol. The number of rotatable bonds is 8. The average molecular weight is 474 g/mol. The summed E-state index contributed by atoms with van der Waals surface area (Å²) in [5.41, 5.74) is 0. The molecule has 170 valence electrons. The Kier molecular flexibility index (Phi) is 6.57. The van der Waals surface area contributed by atoms with Crippen LogP contribution >= 0.6 is 0 Å². The zero-order chi connectivity index (χ0) is 22.8. The van der Waals surface area contributed by atoms with Gasteiger partial charge in [-0.05, 0) is 19.1 Å². The summed E-state index contributed by atoms with van der Waals surface area (Å²) >= 11 is 0. The summed E-state index contributed by atoms with van der Waals surface area (Å²) < 4.78 is 66.0. The molecule has 0 saturated carbocycles. The number of aromatic nitrogens is 1. The minimum Gasteiger partial charge on any atom is -0.493 e. The second-order valence-corrected chi connectivity index (χ2v) is 11.4. The molecule has 1 aliphatic heterocycles. The molecule has 13 heteroatoms. The molecule has 2 atom stereocenters. The van der Waals surface area contributed by atoms with Crippen LogP contribution in [0.5, 0.6) is 11.5 Å². The number of anilines is 1. The van der Waals surface area contributed by atoms with Crippen molar-refractivity contribution in [3.63, 3.8) is 0 Å². The van der Waals surface area contributed by atoms with E-state index >= 15 is 0 Å². The topological polar surface area (TPSA) is 154 Å². The average Bonchev–Trinajstić information content (AvgIpc) is 3.27. The zero-order valence-electron chi connectivity index (χ0n) is 17.1. The molecule has 1 fully saturated rings. The first-order chi connectivity index (χ1) is 14.6. The first-order valence-electron chi connectivity index (χ1n) is 9.18. The standard InChI is InChI=1S/C18H23N3O8S2/c1-11-6-17(21-29-11)20-18(22)8-19-13-9-30(23,24)10-16(13)31(25,26)12-4-5-14(27-2)15(7-12)28-3/h4-7,13,16,19H,8-10H2,1-3H3,(H,20,21,22)/t13-,16-/m0/s1. The molecule has 3 rings (SSSR count). The minimum absolute atomic E-state index is 0.0958. The second-order valence-electron chi connectivity index (χ2n) is 7.04. The fourth-order valence-corrected chi connectivity index (χ4v) is 8.05. The maximum absolute atomic E-state index is 13.2. The largest absolute Gasteiger partial charge is 0.493 e. The molecule has 1 saturated heterocycles. The monoisotopic (exact) mass is 473 g/mol. The highest BCUT2D eigenvalue weighted by atomic mass is 32.2. The van der Waals surface area contributed by atoms with Gasteiger partial charge in [-0.15, -0.1) is 0 Å². The lowest BCUT2D eigenvalue weighted by Gasteiger charge is -2.20. The number of amides is 1. The third kappa shape index (κ3) is 5.17. The highest BCUT2D eigenvalue weighted by molar-refractivity contribution is 7.96. The van der Waals surface area contributed by atoms with Crippen LogP contribution in [0.15, 0.2) is 33.7 Å². The van der Waals surface area contributed by atoms with Gasteiger partial charge in [0.05, 0.1) is 42.4 Å². The Morgan fingerprint density at radius 1 is 1.19 bits per heavy atom. The van der Waals surface area contributed by atoms with Gasteiger partial charge in [0.25, 0.3) is 0 Å². The first kappa shape index (κ1) is 23.0. The van der Waals surface area contributed by atoms with Crippen LogP contribution in [0.3, 0.4) is 0 Å². The van der Waals surface area contributed by atoms with E-state index < -0.39 is 48.4 Å². The normalized spacial score (nSPS) is 20.4. The molecular weight excluding hydrogens is 450 g/mol. The smallest absolute Gasteiger partial charge is 0.239 e. The summed E-state index contributed by atoms with van der Waals surface area (Å²) in [7, 11) is -4.89. The van der Waals surface area contributed by atoms with E-state index in [9.17, 15) is 21.6 Å². The summed E-state index contributed by atoms with van der Waals surface area (Å²) in [6.45, 7) is 1.36. The Labute approximate surface area is 179 Å². The lowest BCUT2D eigenvalue weighted by Crippen LogP contribution is -2.46. The fourth-order valence-electron chi connectivity index (χ4n) is 3.32. The number of methoxy groups -OCH3 is 2. The summed E-state index contributed by atoms with van der Waals surface area (Å²) in [6, 6.07) is 4.61. The molecule has 0 spiro atoms. The third-order valence-electron chi connectivity index (χ3n) is 4.80. The van der Waals surface area contributed by atoms with Crippen molar-refractivity contribution >= 4 is 31.4 Å². The SMILES string of the molecule is COc1ccc(S(=O)(=O)[C@H]2CS(=O)(=O)C[C@@H]2NCC(=O)Nc2cc(C)on2)cc1OC. The zero-order valence-corrected chi connectivity index (χ0v) is 18.7. The van der Waals surface area contributed by atoms with Crippen LogP contribution in [0.2, 0.25) is 0 Å². The van der Waals surface area contributed by atoms with Crippen molar-refractivity contribution in [2.24, 2.45) is 0 Å². The molecule has 1 aromatic carbocycles. The van der Waals surface area contributed by atoms with E-state index in [0.29, 0.717) is 11.5 Å². The maximum atomic E-state index is 13.2. The van der Waals surface area contributed by atoms with Gasteiger partial charge in [-0.1, -0.05) is 5.16 Å². The van der Waals surface area contributed by atoms with Gasteiger partial charge in [-0.2, -0.15) is 0 Å². The number of sulfone groups is 2. The van der Waals surface area contributed by atoms with Crippen molar-refractivity contribution in [1.82, 2.24) is 10.5 Å². The van der Waals surface area contributed by atoms with Gasteiger partial charge in [0.1, 0.15) is 5.76 Å². The van der Waals surface area contributed by atoms with Gasteiger partial charge >= 0.3 is 0 Å². The lowest BCUT2D eigenvalue weighted by atomic mass is 10.2. The van der Waals surface area contributed by atoms with Crippen LogP contribution in [-0.2, 0) is 24.5 Å². The molecule has 2 aromatic rings. The highest BCUT2D eigenvalue weighted by Gasteiger charge is 2.46. The molecule has 1 aromatic heterocycles. The Bertz CT molecular complexity index is 1170. The molecule has 1 aliphatic rings. The Hall–Kier alpha value is -2.64. The Morgan fingerprint density at radius 3 is 2.52 bits per heavy atom. The maximum Gasteiger partial charge on any atom is 0.239 e. The van der Waals surface area contributed by atoms with Crippen molar-refractivity contribution < 1.29 is 35.6 Å². The van der Waals surface area contributed by atoms with Crippen LogP contribution in [0.25, 0.3) is 0 Å². The van der Waals surface area contributed by atoms with Gasteiger partial charge in [0.2, 0.25) is 5.91 Å². The predicted octanol–water partition coefficient (Wildman–Crippen LogP) is 0.168. The van der Waals surface area contributed by atoms with E-state index in [-0.39, 0.29) is 23.0 Å². The van der Waals surface area contributed by atoms with Gasteiger partial charge in [-0.25, -0.2) is 16.8 Å². The highest BCUT2D eigenvalue weighted by Crippen LogP contribution is 2.33. The summed E-state index contributed by atoms with van der Waals surface area (Å²) in [6.07, 6.45) is 0. The van der Waals surface area contributed by atoms with E-state index in [0.717, 1.165) is 0 Å². The van der Waals surface area contributed by atoms with Crippen LogP contribution < -0.4 is 20.1 Å². The number of hydrogen-bond donors (Lipinski definition) is 2. The quantitative estimate of drug-likeness (QED) is 0.542. The van der Waals surface area contributed by atoms with Crippen molar-refractivity contribution in [3.05, 3.63) is 30.0 Å². The minimum atomic E-state index is -4.06. The van der Waals surface area contributed by atoms with Crippen LogP contribution in [0, 0.1) is 6.92 Å². The fraction of sp³-hybridized carbons (Fsp3) is 0.444. The van der Waals surface area contributed by atoms with Gasteiger partial charge in [-0.3, -0.25) is 4.79 Å². The number of aryl methyl sites for hydroxylation is 1. The van der Waals surface area contributed by atoms with Crippen molar-refractivity contribution in [3.8, 4) is 11.5 Å². The molecular formula is C18H23N3O8S2.